The summed E-state index contributed by atoms with van der Waals surface area (Å²) in [5.74, 6) is 0.429. The fourth-order valence-corrected chi connectivity index (χ4v) is 2.70. The molecule has 1 aliphatic carbocycles. The Morgan fingerprint density at radius 1 is 1.47 bits per heavy atom. The van der Waals surface area contributed by atoms with Crippen molar-refractivity contribution in [1.29, 1.82) is 0 Å². The van der Waals surface area contributed by atoms with Crippen molar-refractivity contribution in [3.8, 4) is 0 Å². The quantitative estimate of drug-likeness (QED) is 0.414. The lowest BCUT2D eigenvalue weighted by Gasteiger charge is -2.40. The van der Waals surface area contributed by atoms with E-state index >= 15 is 0 Å². The summed E-state index contributed by atoms with van der Waals surface area (Å²) < 4.78 is 0. The van der Waals surface area contributed by atoms with Crippen molar-refractivity contribution in [2.75, 3.05) is 0 Å². The van der Waals surface area contributed by atoms with Crippen LogP contribution < -0.4 is 0 Å². The van der Waals surface area contributed by atoms with Gasteiger partial charge in [0.05, 0.1) is 0 Å². The van der Waals surface area contributed by atoms with Crippen molar-refractivity contribution in [3.05, 3.63) is 23.8 Å². The topological polar surface area (TPSA) is 34.1 Å². The van der Waals surface area contributed by atoms with Crippen LogP contribution >= 0.6 is 0 Å². The van der Waals surface area contributed by atoms with Crippen LogP contribution in [0, 0.1) is 11.3 Å². The van der Waals surface area contributed by atoms with E-state index in [-0.39, 0.29) is 11.8 Å². The average molecular weight is 234 g/mol. The Hall–Kier alpha value is -1.18. The lowest BCUT2D eigenvalue weighted by atomic mass is 9.65. The highest BCUT2D eigenvalue weighted by atomic mass is 16.1. The number of rotatable bonds is 5. The molecule has 0 bridgehead atoms. The number of aldehydes is 2. The Morgan fingerprint density at radius 2 is 2.18 bits per heavy atom. The third-order valence-electron chi connectivity index (χ3n) is 3.84. The minimum Gasteiger partial charge on any atom is -0.303 e. The van der Waals surface area contributed by atoms with Gasteiger partial charge in [0.2, 0.25) is 0 Å². The molecule has 0 saturated heterocycles. The summed E-state index contributed by atoms with van der Waals surface area (Å²) in [6, 6.07) is 0. The normalized spacial score (nSPS) is 24.5. The molecule has 1 atom stereocenters. The highest BCUT2D eigenvalue weighted by Crippen LogP contribution is 2.45. The molecule has 0 aromatic heterocycles. The molecule has 1 saturated carbocycles. The van der Waals surface area contributed by atoms with Crippen molar-refractivity contribution in [3.63, 3.8) is 0 Å². The summed E-state index contributed by atoms with van der Waals surface area (Å²) in [4.78, 5) is 21.2. The number of carbonyl (C=O) groups excluding carboxylic acids is 2. The third kappa shape index (κ3) is 3.65. The van der Waals surface area contributed by atoms with Crippen molar-refractivity contribution in [2.24, 2.45) is 11.3 Å². The maximum absolute atomic E-state index is 10.8. The molecule has 1 rings (SSSR count). The monoisotopic (exact) mass is 234 g/mol. The van der Waals surface area contributed by atoms with Crippen LogP contribution in [0.2, 0.25) is 0 Å². The molecule has 17 heavy (non-hydrogen) atoms. The molecule has 94 valence electrons. The third-order valence-corrected chi connectivity index (χ3v) is 3.84. The van der Waals surface area contributed by atoms with Crippen molar-refractivity contribution < 1.29 is 9.59 Å². The Balaban J connectivity index is 2.73. The van der Waals surface area contributed by atoms with Gasteiger partial charge in [-0.3, -0.25) is 4.79 Å². The van der Waals surface area contributed by atoms with Gasteiger partial charge < -0.3 is 4.79 Å². The summed E-state index contributed by atoms with van der Waals surface area (Å²) >= 11 is 0. The van der Waals surface area contributed by atoms with E-state index in [1.165, 1.54) is 18.4 Å². The highest BCUT2D eigenvalue weighted by molar-refractivity contribution is 5.78. The van der Waals surface area contributed by atoms with Crippen molar-refractivity contribution in [1.82, 2.24) is 0 Å². The van der Waals surface area contributed by atoms with Crippen molar-refractivity contribution >= 4 is 12.6 Å². The SMILES string of the molecule is C=C1CCCC(C)(C)[C@@H]1C/C=C(\C=O)CC=O. The summed E-state index contributed by atoms with van der Waals surface area (Å²) in [6.07, 6.45) is 8.02. The zero-order chi connectivity index (χ0) is 12.9. The smallest absolute Gasteiger partial charge is 0.146 e. The van der Waals surface area contributed by atoms with Crippen LogP contribution in [0.1, 0.15) is 46.0 Å². The predicted molar refractivity (Wildman–Crippen MR) is 69.7 cm³/mol. The molecule has 1 fully saturated rings. The lowest BCUT2D eigenvalue weighted by Crippen LogP contribution is -2.29. The molecule has 1 aliphatic rings. The molecule has 0 unspecified atom stereocenters. The summed E-state index contributed by atoms with van der Waals surface area (Å²) in [5, 5.41) is 0. The van der Waals surface area contributed by atoms with Crippen LogP contribution in [-0.4, -0.2) is 12.6 Å². The van der Waals surface area contributed by atoms with E-state index in [0.29, 0.717) is 11.5 Å². The molecule has 0 aromatic rings. The van der Waals surface area contributed by atoms with Gasteiger partial charge in [0.25, 0.3) is 0 Å². The molecule has 0 N–H and O–H groups in total. The van der Waals surface area contributed by atoms with Crippen LogP contribution in [0.3, 0.4) is 0 Å². The molecule has 2 heteroatoms. The van der Waals surface area contributed by atoms with E-state index in [4.69, 9.17) is 0 Å². The second-order valence-corrected chi connectivity index (χ2v) is 5.56. The van der Waals surface area contributed by atoms with E-state index in [1.54, 1.807) is 0 Å². The van der Waals surface area contributed by atoms with Crippen LogP contribution in [0.25, 0.3) is 0 Å². The molecule has 0 amide bonds. The molecule has 0 aromatic carbocycles. The first-order valence-corrected chi connectivity index (χ1v) is 6.27. The molecular weight excluding hydrogens is 212 g/mol. The molecular formula is C15H22O2. The van der Waals surface area contributed by atoms with Gasteiger partial charge in [0.1, 0.15) is 12.6 Å². The summed E-state index contributed by atoms with van der Waals surface area (Å²) in [7, 11) is 0. The Labute approximate surface area is 104 Å². The molecule has 0 heterocycles. The fraction of sp³-hybridized carbons (Fsp3) is 0.600. The van der Waals surface area contributed by atoms with Gasteiger partial charge >= 0.3 is 0 Å². The standard InChI is InChI=1S/C15H22O2/c1-12-5-4-9-15(2,3)14(12)7-6-13(11-17)8-10-16/h6,10-11,14H,1,4-5,7-9H2,2-3H3/b13-6-/t14-/m1/s1. The lowest BCUT2D eigenvalue weighted by molar-refractivity contribution is -0.109. The fourth-order valence-electron chi connectivity index (χ4n) is 2.70. The van der Waals surface area contributed by atoms with Gasteiger partial charge in [0.15, 0.2) is 0 Å². The van der Waals surface area contributed by atoms with Gasteiger partial charge in [-0.25, -0.2) is 0 Å². The number of carbonyl (C=O) groups is 2. The first kappa shape index (κ1) is 13.9. The largest absolute Gasteiger partial charge is 0.303 e. The zero-order valence-corrected chi connectivity index (χ0v) is 10.9. The second kappa shape index (κ2) is 5.95. The minimum atomic E-state index is 0.225. The Bertz CT molecular complexity index is 337. The van der Waals surface area contributed by atoms with Gasteiger partial charge in [-0.2, -0.15) is 0 Å². The van der Waals surface area contributed by atoms with Crippen molar-refractivity contribution in [2.45, 2.75) is 46.0 Å². The molecule has 0 aliphatic heterocycles. The van der Waals surface area contributed by atoms with Gasteiger partial charge in [-0.15, -0.1) is 0 Å². The van der Waals surface area contributed by atoms with E-state index in [1.807, 2.05) is 6.08 Å². The van der Waals surface area contributed by atoms with Gasteiger partial charge in [-0.1, -0.05) is 32.1 Å². The van der Waals surface area contributed by atoms with Crippen LogP contribution in [0.15, 0.2) is 23.8 Å². The van der Waals surface area contributed by atoms with Crippen LogP contribution in [0.5, 0.6) is 0 Å². The number of allylic oxidation sites excluding steroid dienone is 3. The average Bonchev–Trinajstić information content (AvgIpc) is 2.26. The minimum absolute atomic E-state index is 0.225. The van der Waals surface area contributed by atoms with E-state index in [9.17, 15) is 9.59 Å². The first-order valence-electron chi connectivity index (χ1n) is 6.27. The molecule has 0 spiro atoms. The van der Waals surface area contributed by atoms with Gasteiger partial charge in [-0.05, 0) is 42.6 Å². The molecule has 0 radical (unpaired) electrons. The van der Waals surface area contributed by atoms with E-state index < -0.39 is 0 Å². The Kier molecular flexibility index (Phi) is 4.86. The summed E-state index contributed by atoms with van der Waals surface area (Å²) in [6.45, 7) is 8.67. The van der Waals surface area contributed by atoms with Crippen LogP contribution in [0.4, 0.5) is 0 Å². The van der Waals surface area contributed by atoms with Crippen LogP contribution in [-0.2, 0) is 9.59 Å². The maximum Gasteiger partial charge on any atom is 0.146 e. The first-order chi connectivity index (χ1) is 8.01. The zero-order valence-electron chi connectivity index (χ0n) is 10.9. The predicted octanol–water partition coefficient (Wildman–Crippen LogP) is 3.47. The van der Waals surface area contributed by atoms with E-state index in [2.05, 4.69) is 20.4 Å². The molecule has 2 nitrogen and oxygen atoms in total. The highest BCUT2D eigenvalue weighted by Gasteiger charge is 2.33. The Morgan fingerprint density at radius 3 is 2.71 bits per heavy atom. The maximum atomic E-state index is 10.8. The van der Waals surface area contributed by atoms with E-state index in [0.717, 1.165) is 25.4 Å². The number of hydrogen-bond donors (Lipinski definition) is 0. The second-order valence-electron chi connectivity index (χ2n) is 5.56. The van der Waals surface area contributed by atoms with Gasteiger partial charge in [0, 0.05) is 6.42 Å². The summed E-state index contributed by atoms with van der Waals surface area (Å²) in [5.41, 5.74) is 2.13. The number of hydrogen-bond acceptors (Lipinski definition) is 2.